The maximum atomic E-state index is 11.6. The minimum atomic E-state index is -0.257. The van der Waals surface area contributed by atoms with Crippen LogP contribution in [0, 0.1) is 5.92 Å². The smallest absolute Gasteiger partial charge is 0.411 e. The average Bonchev–Trinajstić information content (AvgIpc) is 2.29. The lowest BCUT2D eigenvalue weighted by Crippen LogP contribution is -2.51. The molecule has 0 bridgehead atoms. The number of unbranched alkanes of at least 4 members (excludes halogenated alkanes) is 2. The maximum absolute atomic E-state index is 11.6. The Balaban J connectivity index is 2.31. The number of nitrogens with zero attached hydrogens (tertiary/aromatic N) is 1. The minimum absolute atomic E-state index is 0.158. The van der Waals surface area contributed by atoms with Crippen molar-refractivity contribution in [2.24, 2.45) is 11.7 Å². The number of piperidine rings is 1. The van der Waals surface area contributed by atoms with Crippen LogP contribution in [-0.4, -0.2) is 30.3 Å². The Bertz CT molecular complexity index is 233. The van der Waals surface area contributed by atoms with Crippen LogP contribution in [0.3, 0.4) is 0 Å². The molecule has 0 aromatic rings. The molecule has 1 fully saturated rings. The van der Waals surface area contributed by atoms with Gasteiger partial charge in [-0.1, -0.05) is 32.6 Å². The van der Waals surface area contributed by atoms with Gasteiger partial charge in [0.1, 0.15) is 0 Å². The third kappa shape index (κ3) is 4.54. The lowest BCUT2D eigenvalue weighted by atomic mass is 9.90. The molecule has 0 aromatic carbocycles. The summed E-state index contributed by atoms with van der Waals surface area (Å²) in [6.07, 6.45) is 6.66. The van der Waals surface area contributed by atoms with Gasteiger partial charge in [0.15, 0.2) is 0 Å². The van der Waals surface area contributed by atoms with Gasteiger partial charge < -0.3 is 10.5 Å². The molecule has 0 radical (unpaired) electrons. The van der Waals surface area contributed by atoms with Crippen LogP contribution in [0.15, 0.2) is 0 Å². The van der Waals surface area contributed by atoms with Gasteiger partial charge in [-0.05, 0) is 25.7 Å². The third-order valence-corrected chi connectivity index (χ3v) is 3.47. The molecule has 1 amide bonds. The van der Waals surface area contributed by atoms with Crippen molar-refractivity contribution >= 4 is 6.09 Å². The Hall–Kier alpha value is -0.770. The largest absolute Gasteiger partial charge is 0.450 e. The molecule has 4 heteroatoms. The Labute approximate surface area is 104 Å². The number of hydrogen-bond donors (Lipinski definition) is 1. The number of nitrogens with two attached hydrogens (primary N) is 1. The molecule has 100 valence electrons. The molecular weight excluding hydrogens is 216 g/mol. The van der Waals surface area contributed by atoms with Gasteiger partial charge in [0.25, 0.3) is 0 Å². The second-order valence-electron chi connectivity index (χ2n) is 4.85. The molecule has 1 rings (SSSR count). The fourth-order valence-corrected chi connectivity index (χ4v) is 2.45. The van der Waals surface area contributed by atoms with Crippen LogP contribution in [0.25, 0.3) is 0 Å². The standard InChI is InChI=1S/C13H26N2O2/c1-3-5-6-7-11-8-9-15(12(14)10-11)13(16)17-4-2/h11-12H,3-10,14H2,1-2H3. The van der Waals surface area contributed by atoms with Crippen molar-refractivity contribution in [2.75, 3.05) is 13.2 Å². The predicted octanol–water partition coefficient (Wildman–Crippen LogP) is 2.72. The molecule has 0 aliphatic carbocycles. The summed E-state index contributed by atoms with van der Waals surface area (Å²) < 4.78 is 4.99. The molecule has 4 nitrogen and oxygen atoms in total. The highest BCUT2D eigenvalue weighted by atomic mass is 16.6. The van der Waals surface area contributed by atoms with E-state index in [0.29, 0.717) is 12.5 Å². The normalized spacial score (nSPS) is 24.8. The summed E-state index contributed by atoms with van der Waals surface area (Å²) in [6, 6.07) is 0. The molecule has 0 saturated carbocycles. The summed E-state index contributed by atoms with van der Waals surface area (Å²) in [5.74, 6) is 0.683. The number of carbonyl (C=O) groups excluding carboxylic acids is 1. The van der Waals surface area contributed by atoms with E-state index >= 15 is 0 Å². The molecule has 1 aliphatic heterocycles. The number of likely N-dealkylation sites (tertiary alicyclic amines) is 1. The van der Waals surface area contributed by atoms with Gasteiger partial charge in [-0.2, -0.15) is 0 Å². The number of amides is 1. The van der Waals surface area contributed by atoms with Crippen LogP contribution < -0.4 is 5.73 Å². The zero-order valence-corrected chi connectivity index (χ0v) is 11.2. The minimum Gasteiger partial charge on any atom is -0.450 e. The van der Waals surface area contributed by atoms with Gasteiger partial charge in [-0.15, -0.1) is 0 Å². The Kier molecular flexibility index (Phi) is 6.34. The third-order valence-electron chi connectivity index (χ3n) is 3.47. The molecule has 2 N–H and O–H groups in total. The van der Waals surface area contributed by atoms with Crippen LogP contribution >= 0.6 is 0 Å². The number of carbonyl (C=O) groups is 1. The Morgan fingerprint density at radius 2 is 2.18 bits per heavy atom. The molecule has 1 aliphatic rings. The zero-order chi connectivity index (χ0) is 12.7. The summed E-state index contributed by atoms with van der Waals surface area (Å²) in [6.45, 7) is 5.20. The first-order valence-corrected chi connectivity index (χ1v) is 6.88. The summed E-state index contributed by atoms with van der Waals surface area (Å²) in [7, 11) is 0. The van der Waals surface area contributed by atoms with E-state index in [2.05, 4.69) is 6.92 Å². The van der Waals surface area contributed by atoms with E-state index in [1.807, 2.05) is 6.92 Å². The Morgan fingerprint density at radius 3 is 2.76 bits per heavy atom. The lowest BCUT2D eigenvalue weighted by Gasteiger charge is -2.36. The van der Waals surface area contributed by atoms with Gasteiger partial charge in [-0.3, -0.25) is 4.90 Å². The van der Waals surface area contributed by atoms with Gasteiger partial charge in [-0.25, -0.2) is 4.79 Å². The molecule has 1 saturated heterocycles. The molecular formula is C13H26N2O2. The van der Waals surface area contributed by atoms with Crippen molar-refractivity contribution in [3.63, 3.8) is 0 Å². The number of ether oxygens (including phenoxy) is 1. The van der Waals surface area contributed by atoms with Crippen molar-refractivity contribution in [3.05, 3.63) is 0 Å². The summed E-state index contributed by atoms with van der Waals surface area (Å²) in [4.78, 5) is 13.3. The van der Waals surface area contributed by atoms with Gasteiger partial charge in [0, 0.05) is 6.54 Å². The molecule has 2 unspecified atom stereocenters. The highest BCUT2D eigenvalue weighted by Crippen LogP contribution is 2.25. The molecule has 1 heterocycles. The number of rotatable bonds is 5. The SMILES string of the molecule is CCCCCC1CCN(C(=O)OCC)C(N)C1. The van der Waals surface area contributed by atoms with E-state index in [0.717, 1.165) is 19.4 Å². The van der Waals surface area contributed by atoms with E-state index in [-0.39, 0.29) is 12.3 Å². The topological polar surface area (TPSA) is 55.6 Å². The van der Waals surface area contributed by atoms with Gasteiger partial charge in [0.2, 0.25) is 0 Å². The number of hydrogen-bond acceptors (Lipinski definition) is 3. The first-order valence-electron chi connectivity index (χ1n) is 6.88. The van der Waals surface area contributed by atoms with Crippen molar-refractivity contribution < 1.29 is 9.53 Å². The van der Waals surface area contributed by atoms with E-state index in [9.17, 15) is 4.79 Å². The summed E-state index contributed by atoms with van der Waals surface area (Å²) >= 11 is 0. The second kappa shape index (κ2) is 7.54. The maximum Gasteiger partial charge on any atom is 0.411 e. The van der Waals surface area contributed by atoms with Gasteiger partial charge in [0.05, 0.1) is 12.8 Å². The first-order chi connectivity index (χ1) is 8.19. The van der Waals surface area contributed by atoms with Crippen molar-refractivity contribution in [2.45, 2.75) is 58.5 Å². The fraction of sp³-hybridized carbons (Fsp3) is 0.923. The fourth-order valence-electron chi connectivity index (χ4n) is 2.45. The molecule has 0 spiro atoms. The van der Waals surface area contributed by atoms with Crippen LogP contribution in [0.1, 0.15) is 52.4 Å². The van der Waals surface area contributed by atoms with Crippen molar-refractivity contribution in [3.8, 4) is 0 Å². The highest BCUT2D eigenvalue weighted by molar-refractivity contribution is 5.68. The zero-order valence-electron chi connectivity index (χ0n) is 11.2. The lowest BCUT2D eigenvalue weighted by molar-refractivity contribution is 0.0648. The monoisotopic (exact) mass is 242 g/mol. The van der Waals surface area contributed by atoms with Crippen LogP contribution in [0.5, 0.6) is 0 Å². The summed E-state index contributed by atoms with van der Waals surface area (Å²) in [5.41, 5.74) is 6.03. The van der Waals surface area contributed by atoms with Crippen LogP contribution in [0.4, 0.5) is 4.79 Å². The first kappa shape index (κ1) is 14.3. The average molecular weight is 242 g/mol. The van der Waals surface area contributed by atoms with E-state index in [1.54, 1.807) is 4.90 Å². The van der Waals surface area contributed by atoms with E-state index < -0.39 is 0 Å². The Morgan fingerprint density at radius 1 is 1.41 bits per heavy atom. The molecule has 17 heavy (non-hydrogen) atoms. The second-order valence-corrected chi connectivity index (χ2v) is 4.85. The van der Waals surface area contributed by atoms with Gasteiger partial charge >= 0.3 is 6.09 Å². The summed E-state index contributed by atoms with van der Waals surface area (Å²) in [5, 5.41) is 0. The molecule has 2 atom stereocenters. The van der Waals surface area contributed by atoms with Crippen LogP contribution in [0.2, 0.25) is 0 Å². The highest BCUT2D eigenvalue weighted by Gasteiger charge is 2.29. The predicted molar refractivity (Wildman–Crippen MR) is 68.6 cm³/mol. The van der Waals surface area contributed by atoms with E-state index in [4.69, 9.17) is 10.5 Å². The van der Waals surface area contributed by atoms with Crippen molar-refractivity contribution in [1.82, 2.24) is 4.90 Å². The van der Waals surface area contributed by atoms with Crippen molar-refractivity contribution in [1.29, 1.82) is 0 Å². The quantitative estimate of drug-likeness (QED) is 0.754. The van der Waals surface area contributed by atoms with Crippen LogP contribution in [-0.2, 0) is 4.74 Å². The molecule has 0 aromatic heterocycles. The van der Waals surface area contributed by atoms with E-state index in [1.165, 1.54) is 25.7 Å².